The monoisotopic (exact) mass is 231 g/mol. The first-order chi connectivity index (χ1) is 7.40. The number of esters is 1. The molecule has 1 N–H and O–H groups in total. The van der Waals surface area contributed by atoms with Gasteiger partial charge in [0.25, 0.3) is 0 Å². The van der Waals surface area contributed by atoms with Crippen LogP contribution in [0.2, 0.25) is 0 Å². The van der Waals surface area contributed by atoms with Gasteiger partial charge in [0.15, 0.2) is 0 Å². The van der Waals surface area contributed by atoms with Gasteiger partial charge in [-0.05, 0) is 13.8 Å². The van der Waals surface area contributed by atoms with Crippen LogP contribution < -0.4 is 0 Å². The van der Waals surface area contributed by atoms with Crippen molar-refractivity contribution in [3.8, 4) is 0 Å². The van der Waals surface area contributed by atoms with Crippen molar-refractivity contribution in [2.45, 2.75) is 20.3 Å². The number of nitrogens with zero attached hydrogens (tertiary/aromatic N) is 1. The van der Waals surface area contributed by atoms with Crippen molar-refractivity contribution in [1.29, 1.82) is 0 Å². The summed E-state index contributed by atoms with van der Waals surface area (Å²) in [7, 11) is 1.46. The summed E-state index contributed by atoms with van der Waals surface area (Å²) < 4.78 is 4.69. The van der Waals surface area contributed by atoms with E-state index in [1.165, 1.54) is 18.9 Å². The second-order valence-corrected chi connectivity index (χ2v) is 3.37. The van der Waals surface area contributed by atoms with Gasteiger partial charge >= 0.3 is 11.9 Å². The fourth-order valence-electron chi connectivity index (χ4n) is 1.04. The van der Waals surface area contributed by atoms with Crippen LogP contribution in [-0.4, -0.2) is 48.1 Å². The lowest BCUT2D eigenvalue weighted by molar-refractivity contribution is -0.150. The Hall–Kier alpha value is -1.59. The van der Waals surface area contributed by atoms with Crippen LogP contribution in [0.25, 0.3) is 0 Å². The summed E-state index contributed by atoms with van der Waals surface area (Å²) >= 11 is 0. The Morgan fingerprint density at radius 1 is 1.38 bits per heavy atom. The third kappa shape index (κ3) is 4.77. The lowest BCUT2D eigenvalue weighted by atomic mass is 10.1. The molecule has 0 aliphatic carbocycles. The van der Waals surface area contributed by atoms with E-state index in [0.29, 0.717) is 6.61 Å². The molecule has 0 saturated carbocycles. The average molecular weight is 231 g/mol. The first-order valence-corrected chi connectivity index (χ1v) is 5.03. The molecule has 0 aromatic heterocycles. The Kier molecular flexibility index (Phi) is 6.14. The highest BCUT2D eigenvalue weighted by molar-refractivity contribution is 5.96. The van der Waals surface area contributed by atoms with Gasteiger partial charge in [-0.2, -0.15) is 0 Å². The lowest BCUT2D eigenvalue weighted by Gasteiger charge is -2.18. The summed E-state index contributed by atoms with van der Waals surface area (Å²) in [5.41, 5.74) is 0. The van der Waals surface area contributed by atoms with E-state index >= 15 is 0 Å². The molecule has 0 radical (unpaired) electrons. The summed E-state index contributed by atoms with van der Waals surface area (Å²) in [6.45, 7) is 3.46. The topological polar surface area (TPSA) is 83.9 Å². The minimum absolute atomic E-state index is 0.0718. The maximum Gasteiger partial charge on any atom is 0.315 e. The molecular formula is C10H17NO5. The van der Waals surface area contributed by atoms with Gasteiger partial charge in [0, 0.05) is 13.6 Å². The number of carboxylic acid groups (broad SMARTS) is 1. The van der Waals surface area contributed by atoms with Gasteiger partial charge in [0.2, 0.25) is 5.91 Å². The van der Waals surface area contributed by atoms with Crippen LogP contribution in [0.4, 0.5) is 0 Å². The van der Waals surface area contributed by atoms with Crippen LogP contribution in [0.3, 0.4) is 0 Å². The van der Waals surface area contributed by atoms with Gasteiger partial charge in [-0.3, -0.25) is 14.4 Å². The molecule has 0 aromatic carbocycles. The van der Waals surface area contributed by atoms with Gasteiger partial charge in [0.1, 0.15) is 5.92 Å². The highest BCUT2D eigenvalue weighted by Crippen LogP contribution is 2.02. The first kappa shape index (κ1) is 14.4. The van der Waals surface area contributed by atoms with Crippen LogP contribution in [0, 0.1) is 5.92 Å². The molecule has 6 heteroatoms. The Morgan fingerprint density at radius 3 is 2.38 bits per heavy atom. The number of rotatable bonds is 6. The second-order valence-electron chi connectivity index (χ2n) is 3.37. The second kappa shape index (κ2) is 6.81. The lowest BCUT2D eigenvalue weighted by Crippen LogP contribution is -2.36. The third-order valence-electron chi connectivity index (χ3n) is 2.07. The number of hydrogen-bond acceptors (Lipinski definition) is 4. The predicted octanol–water partition coefficient (Wildman–Crippen LogP) is 0.119. The maximum atomic E-state index is 11.4. The van der Waals surface area contributed by atoms with E-state index in [0.717, 1.165) is 0 Å². The molecule has 0 spiro atoms. The van der Waals surface area contributed by atoms with E-state index in [4.69, 9.17) is 5.11 Å². The number of ether oxygens (including phenoxy) is 1. The molecular weight excluding hydrogens is 214 g/mol. The molecule has 6 nitrogen and oxygen atoms in total. The molecule has 1 unspecified atom stereocenters. The summed E-state index contributed by atoms with van der Waals surface area (Å²) in [6, 6.07) is 0. The first-order valence-electron chi connectivity index (χ1n) is 5.03. The molecule has 16 heavy (non-hydrogen) atoms. The smallest absolute Gasteiger partial charge is 0.315 e. The van der Waals surface area contributed by atoms with Gasteiger partial charge in [-0.1, -0.05) is 0 Å². The summed E-state index contributed by atoms with van der Waals surface area (Å²) in [4.78, 5) is 34.2. The fourth-order valence-corrected chi connectivity index (χ4v) is 1.04. The fraction of sp³-hybridized carbons (Fsp3) is 0.700. The molecule has 0 aliphatic heterocycles. The van der Waals surface area contributed by atoms with E-state index in [1.807, 2.05) is 0 Å². The number of carbonyl (C=O) groups is 3. The standard InChI is InChI=1S/C10H17NO5/c1-4-16-8(12)5-6-11(3)9(13)7(2)10(14)15/h7H,4-6H2,1-3H3,(H,14,15). The van der Waals surface area contributed by atoms with Crippen LogP contribution in [-0.2, 0) is 19.1 Å². The van der Waals surface area contributed by atoms with Crippen molar-refractivity contribution in [1.82, 2.24) is 4.90 Å². The molecule has 0 saturated heterocycles. The molecule has 0 heterocycles. The Bertz CT molecular complexity index is 276. The molecule has 0 fully saturated rings. The Morgan fingerprint density at radius 2 is 1.94 bits per heavy atom. The average Bonchev–Trinajstić information content (AvgIpc) is 2.24. The van der Waals surface area contributed by atoms with Crippen LogP contribution in [0.1, 0.15) is 20.3 Å². The van der Waals surface area contributed by atoms with E-state index in [-0.39, 0.29) is 13.0 Å². The van der Waals surface area contributed by atoms with Crippen LogP contribution in [0.15, 0.2) is 0 Å². The SMILES string of the molecule is CCOC(=O)CCN(C)C(=O)C(C)C(=O)O. The van der Waals surface area contributed by atoms with Crippen molar-refractivity contribution >= 4 is 17.8 Å². The zero-order chi connectivity index (χ0) is 12.7. The van der Waals surface area contributed by atoms with Gasteiger partial charge in [-0.25, -0.2) is 0 Å². The van der Waals surface area contributed by atoms with E-state index in [1.54, 1.807) is 6.92 Å². The Balaban J connectivity index is 4.06. The largest absolute Gasteiger partial charge is 0.481 e. The number of carbonyl (C=O) groups excluding carboxylic acids is 2. The van der Waals surface area contributed by atoms with Gasteiger partial charge < -0.3 is 14.7 Å². The van der Waals surface area contributed by atoms with Crippen molar-refractivity contribution in [3.05, 3.63) is 0 Å². The molecule has 1 atom stereocenters. The van der Waals surface area contributed by atoms with Crippen LogP contribution in [0.5, 0.6) is 0 Å². The number of carboxylic acids is 1. The quantitative estimate of drug-likeness (QED) is 0.518. The predicted molar refractivity (Wildman–Crippen MR) is 55.7 cm³/mol. The third-order valence-corrected chi connectivity index (χ3v) is 2.07. The molecule has 0 rings (SSSR count). The highest BCUT2D eigenvalue weighted by atomic mass is 16.5. The molecule has 0 aliphatic rings. The van der Waals surface area contributed by atoms with E-state index in [9.17, 15) is 14.4 Å². The van der Waals surface area contributed by atoms with Gasteiger partial charge in [0.05, 0.1) is 13.0 Å². The van der Waals surface area contributed by atoms with Crippen molar-refractivity contribution in [2.75, 3.05) is 20.2 Å². The minimum atomic E-state index is -1.17. The summed E-state index contributed by atoms with van der Waals surface area (Å²) in [6.07, 6.45) is 0.0718. The minimum Gasteiger partial charge on any atom is -0.481 e. The molecule has 1 amide bonds. The van der Waals surface area contributed by atoms with Gasteiger partial charge in [-0.15, -0.1) is 0 Å². The summed E-state index contributed by atoms with van der Waals surface area (Å²) in [5.74, 6) is -3.18. The maximum absolute atomic E-state index is 11.4. The van der Waals surface area contributed by atoms with Crippen molar-refractivity contribution in [2.24, 2.45) is 5.92 Å². The number of amides is 1. The highest BCUT2D eigenvalue weighted by Gasteiger charge is 2.24. The zero-order valence-corrected chi connectivity index (χ0v) is 9.73. The molecule has 0 aromatic rings. The Labute approximate surface area is 94.2 Å². The van der Waals surface area contributed by atoms with E-state index < -0.39 is 23.8 Å². The normalized spacial score (nSPS) is 11.7. The van der Waals surface area contributed by atoms with Crippen molar-refractivity contribution < 1.29 is 24.2 Å². The van der Waals surface area contributed by atoms with Crippen molar-refractivity contribution in [3.63, 3.8) is 0 Å². The zero-order valence-electron chi connectivity index (χ0n) is 9.73. The molecule has 0 bridgehead atoms. The number of hydrogen-bond donors (Lipinski definition) is 1. The van der Waals surface area contributed by atoms with Crippen LogP contribution >= 0.6 is 0 Å². The van der Waals surface area contributed by atoms with E-state index in [2.05, 4.69) is 4.74 Å². The number of aliphatic carboxylic acids is 1. The summed E-state index contributed by atoms with van der Waals surface area (Å²) in [5, 5.41) is 8.62. The molecule has 92 valence electrons.